The first-order valence-electron chi connectivity index (χ1n) is 8.90. The molecule has 0 fully saturated rings. The minimum Gasteiger partial charge on any atom is -0.489 e. The van der Waals surface area contributed by atoms with Crippen LogP contribution in [0.4, 0.5) is 23.2 Å². The van der Waals surface area contributed by atoms with Gasteiger partial charge in [-0.1, -0.05) is 18.2 Å². The van der Waals surface area contributed by atoms with E-state index in [0.717, 1.165) is 34.6 Å². The van der Waals surface area contributed by atoms with Crippen molar-refractivity contribution in [2.45, 2.75) is 11.3 Å². The number of hydrogen-bond acceptors (Lipinski definition) is 3. The Morgan fingerprint density at radius 2 is 1.77 bits per heavy atom. The minimum atomic E-state index is -4.20. The Morgan fingerprint density at radius 3 is 2.53 bits per heavy atom. The summed E-state index contributed by atoms with van der Waals surface area (Å²) >= 11 is 0. The molecule has 4 rings (SSSR count). The van der Waals surface area contributed by atoms with Crippen molar-refractivity contribution in [1.82, 2.24) is 0 Å². The van der Waals surface area contributed by atoms with E-state index in [9.17, 15) is 26.0 Å². The summed E-state index contributed by atoms with van der Waals surface area (Å²) in [6, 6.07) is 11.8. The molecule has 1 aliphatic rings. The van der Waals surface area contributed by atoms with Crippen LogP contribution in [0.2, 0.25) is 0 Å². The van der Waals surface area contributed by atoms with Crippen LogP contribution in [-0.2, 0) is 10.0 Å². The lowest BCUT2D eigenvalue weighted by Crippen LogP contribution is -2.38. The molecular weight excluding hydrogens is 422 g/mol. The van der Waals surface area contributed by atoms with E-state index in [1.807, 2.05) is 0 Å². The van der Waals surface area contributed by atoms with Gasteiger partial charge in [0.2, 0.25) is 0 Å². The van der Waals surface area contributed by atoms with Crippen LogP contribution in [0.15, 0.2) is 65.6 Å². The van der Waals surface area contributed by atoms with E-state index in [-0.39, 0.29) is 40.6 Å². The normalized spacial score (nSPS) is 13.8. The quantitative estimate of drug-likeness (QED) is 0.530. The second kappa shape index (κ2) is 7.64. The molecule has 0 amide bonds. The van der Waals surface area contributed by atoms with Crippen LogP contribution in [-0.4, -0.2) is 21.6 Å². The molecule has 0 bridgehead atoms. The number of nitrogens with zero attached hydrogens (tertiary/aromatic N) is 1. The van der Waals surface area contributed by atoms with Crippen LogP contribution in [0.3, 0.4) is 0 Å². The molecule has 4 nitrogen and oxygen atoms in total. The number of rotatable bonds is 4. The number of alkyl halides is 2. The number of sulfonamides is 1. The lowest BCUT2D eigenvalue weighted by atomic mass is 10.0. The number of hydrogen-bond donors (Lipinski definition) is 0. The molecule has 0 unspecified atom stereocenters. The van der Waals surface area contributed by atoms with Crippen LogP contribution in [0.1, 0.15) is 12.0 Å². The van der Waals surface area contributed by atoms with E-state index in [1.54, 1.807) is 0 Å². The van der Waals surface area contributed by atoms with Crippen molar-refractivity contribution < 1.29 is 30.7 Å². The molecule has 0 saturated heterocycles. The van der Waals surface area contributed by atoms with Gasteiger partial charge >= 0.3 is 0 Å². The SMILES string of the molecule is O=S(=O)(c1cccc(C(F)F)c1)N1CCOc2ccc(-c3cc(F)ccc3F)cc21. The maximum absolute atomic E-state index is 14.2. The highest BCUT2D eigenvalue weighted by molar-refractivity contribution is 7.92. The van der Waals surface area contributed by atoms with Gasteiger partial charge in [-0.05, 0) is 48.0 Å². The summed E-state index contributed by atoms with van der Waals surface area (Å²) in [6.45, 7) is -0.0161. The summed E-state index contributed by atoms with van der Waals surface area (Å²) in [6.07, 6.45) is -2.82. The average molecular weight is 437 g/mol. The zero-order valence-corrected chi connectivity index (χ0v) is 16.2. The fraction of sp³-hybridized carbons (Fsp3) is 0.143. The number of benzene rings is 3. The van der Waals surface area contributed by atoms with Gasteiger partial charge in [-0.25, -0.2) is 26.0 Å². The topological polar surface area (TPSA) is 46.6 Å². The fourth-order valence-corrected chi connectivity index (χ4v) is 4.77. The van der Waals surface area contributed by atoms with Crippen molar-refractivity contribution >= 4 is 15.7 Å². The van der Waals surface area contributed by atoms with Crippen molar-refractivity contribution in [2.75, 3.05) is 17.5 Å². The monoisotopic (exact) mass is 437 g/mol. The molecule has 0 aliphatic carbocycles. The van der Waals surface area contributed by atoms with Crippen molar-refractivity contribution in [3.05, 3.63) is 77.9 Å². The van der Waals surface area contributed by atoms with Gasteiger partial charge in [-0.2, -0.15) is 0 Å². The van der Waals surface area contributed by atoms with E-state index in [0.29, 0.717) is 0 Å². The Labute approximate surface area is 170 Å². The Hall–Kier alpha value is -3.07. The average Bonchev–Trinajstić information content (AvgIpc) is 2.74. The summed E-state index contributed by atoms with van der Waals surface area (Å²) < 4.78 is 86.8. The number of halogens is 4. The molecular formula is C21H15F4NO3S. The summed E-state index contributed by atoms with van der Waals surface area (Å²) in [5.41, 5.74) is -0.0943. The number of fused-ring (bicyclic) bond motifs is 1. The van der Waals surface area contributed by atoms with E-state index in [2.05, 4.69) is 0 Å². The smallest absolute Gasteiger partial charge is 0.264 e. The molecule has 3 aromatic rings. The Bertz CT molecular complexity index is 1210. The second-order valence-electron chi connectivity index (χ2n) is 6.61. The third kappa shape index (κ3) is 3.60. The minimum absolute atomic E-state index is 0.0413. The molecule has 30 heavy (non-hydrogen) atoms. The predicted octanol–water partition coefficient (Wildman–Crippen LogP) is 5.16. The maximum atomic E-state index is 14.2. The van der Waals surface area contributed by atoms with Gasteiger partial charge in [-0.3, -0.25) is 4.31 Å². The van der Waals surface area contributed by atoms with E-state index in [1.165, 1.54) is 30.3 Å². The highest BCUT2D eigenvalue weighted by Gasteiger charge is 2.31. The summed E-state index contributed by atoms with van der Waals surface area (Å²) in [7, 11) is -4.20. The van der Waals surface area contributed by atoms with Crippen molar-refractivity contribution in [2.24, 2.45) is 0 Å². The third-order valence-electron chi connectivity index (χ3n) is 4.72. The first-order chi connectivity index (χ1) is 14.3. The first kappa shape index (κ1) is 20.2. The lowest BCUT2D eigenvalue weighted by molar-refractivity contribution is 0.151. The fourth-order valence-electron chi connectivity index (χ4n) is 3.27. The van der Waals surface area contributed by atoms with Gasteiger partial charge in [-0.15, -0.1) is 0 Å². The first-order valence-corrected chi connectivity index (χ1v) is 10.3. The summed E-state index contributed by atoms with van der Waals surface area (Å²) in [5, 5.41) is 0. The van der Waals surface area contributed by atoms with E-state index >= 15 is 0 Å². The molecule has 0 saturated carbocycles. The van der Waals surface area contributed by atoms with Crippen LogP contribution in [0.25, 0.3) is 11.1 Å². The maximum Gasteiger partial charge on any atom is 0.264 e. The van der Waals surface area contributed by atoms with Gasteiger partial charge in [0.25, 0.3) is 16.4 Å². The lowest BCUT2D eigenvalue weighted by Gasteiger charge is -2.31. The van der Waals surface area contributed by atoms with Crippen molar-refractivity contribution in [1.29, 1.82) is 0 Å². The van der Waals surface area contributed by atoms with Crippen molar-refractivity contribution in [3.63, 3.8) is 0 Å². The van der Waals surface area contributed by atoms with Crippen LogP contribution < -0.4 is 9.04 Å². The molecule has 1 heterocycles. The van der Waals surface area contributed by atoms with Crippen LogP contribution >= 0.6 is 0 Å². The molecule has 0 spiro atoms. The van der Waals surface area contributed by atoms with Crippen LogP contribution in [0.5, 0.6) is 5.75 Å². The molecule has 156 valence electrons. The number of anilines is 1. The van der Waals surface area contributed by atoms with Crippen LogP contribution in [0, 0.1) is 11.6 Å². The van der Waals surface area contributed by atoms with E-state index < -0.39 is 33.6 Å². The Kier molecular flexibility index (Phi) is 5.15. The summed E-state index contributed by atoms with van der Waals surface area (Å²) in [5.74, 6) is -1.09. The zero-order valence-electron chi connectivity index (χ0n) is 15.4. The van der Waals surface area contributed by atoms with Gasteiger partial charge in [0, 0.05) is 11.1 Å². The standard InChI is InChI=1S/C21H15F4NO3S/c22-15-5-6-18(23)17(12-15)13-4-7-20-19(11-13)26(8-9-29-20)30(27,28)16-3-1-2-14(10-16)21(24)25/h1-7,10-12,21H,8-9H2. The Balaban J connectivity index is 1.81. The third-order valence-corrected chi connectivity index (χ3v) is 6.53. The van der Waals surface area contributed by atoms with Gasteiger partial charge in [0.05, 0.1) is 17.1 Å². The second-order valence-corrected chi connectivity index (χ2v) is 8.47. The molecule has 1 aliphatic heterocycles. The molecule has 0 N–H and O–H groups in total. The predicted molar refractivity (Wildman–Crippen MR) is 103 cm³/mol. The van der Waals surface area contributed by atoms with Crippen molar-refractivity contribution in [3.8, 4) is 16.9 Å². The largest absolute Gasteiger partial charge is 0.489 e. The number of ether oxygens (including phenoxy) is 1. The highest BCUT2D eigenvalue weighted by Crippen LogP contribution is 2.39. The van der Waals surface area contributed by atoms with Gasteiger partial charge in [0.15, 0.2) is 0 Å². The molecule has 0 atom stereocenters. The highest BCUT2D eigenvalue weighted by atomic mass is 32.2. The van der Waals surface area contributed by atoms with Gasteiger partial charge in [0.1, 0.15) is 24.0 Å². The summed E-state index contributed by atoms with van der Waals surface area (Å²) in [4.78, 5) is -0.296. The molecule has 9 heteroatoms. The van der Waals surface area contributed by atoms with Gasteiger partial charge < -0.3 is 4.74 Å². The zero-order chi connectivity index (χ0) is 21.5. The Morgan fingerprint density at radius 1 is 0.967 bits per heavy atom. The molecule has 0 radical (unpaired) electrons. The van der Waals surface area contributed by atoms with E-state index in [4.69, 9.17) is 4.74 Å². The molecule has 3 aromatic carbocycles. The molecule has 0 aromatic heterocycles.